The van der Waals surface area contributed by atoms with Crippen molar-refractivity contribution in [3.63, 3.8) is 0 Å². The Morgan fingerprint density at radius 2 is 1.94 bits per heavy atom. The largest absolute Gasteiger partial charge is 0.452 e. The molecule has 0 aliphatic carbocycles. The van der Waals surface area contributed by atoms with E-state index < -0.39 is 28.6 Å². The summed E-state index contributed by atoms with van der Waals surface area (Å²) in [6.45, 7) is 3.96. The highest BCUT2D eigenvalue weighted by Crippen LogP contribution is 2.26. The molecule has 1 heterocycles. The van der Waals surface area contributed by atoms with Gasteiger partial charge in [0.2, 0.25) is 0 Å². The van der Waals surface area contributed by atoms with E-state index >= 15 is 0 Å². The highest BCUT2D eigenvalue weighted by molar-refractivity contribution is 7.87. The van der Waals surface area contributed by atoms with E-state index in [2.05, 4.69) is 5.32 Å². The number of rotatable bonds is 8. The molecule has 3 rings (SSSR count). The molecule has 9 heteroatoms. The second kappa shape index (κ2) is 9.93. The molecule has 31 heavy (non-hydrogen) atoms. The lowest BCUT2D eigenvalue weighted by atomic mass is 10.2. The third-order valence-electron chi connectivity index (χ3n) is 4.80. The zero-order chi connectivity index (χ0) is 22.4. The molecule has 1 N–H and O–H groups in total. The third-order valence-corrected chi connectivity index (χ3v) is 6.18. The summed E-state index contributed by atoms with van der Waals surface area (Å²) in [6.07, 6.45) is 1.81. The molecule has 0 radical (unpaired) electrons. The normalized spacial score (nSPS) is 16.0. The third kappa shape index (κ3) is 6.05. The van der Waals surface area contributed by atoms with Gasteiger partial charge in [-0.1, -0.05) is 24.3 Å². The second-order valence-corrected chi connectivity index (χ2v) is 8.83. The minimum absolute atomic E-state index is 0.0178. The molecule has 1 amide bonds. The SMILES string of the molecule is Cc1ccc(C)c(S(=O)(=O)Oc2ccccc2C(=O)OCC(=O)NCC2CCCO2)c1. The van der Waals surface area contributed by atoms with Crippen LogP contribution in [0.25, 0.3) is 0 Å². The van der Waals surface area contributed by atoms with Crippen molar-refractivity contribution in [3.05, 3.63) is 59.2 Å². The zero-order valence-electron chi connectivity index (χ0n) is 17.4. The highest BCUT2D eigenvalue weighted by atomic mass is 32.2. The monoisotopic (exact) mass is 447 g/mol. The van der Waals surface area contributed by atoms with E-state index in [4.69, 9.17) is 13.7 Å². The minimum atomic E-state index is -4.17. The number of carbonyl (C=O) groups excluding carboxylic acids is 2. The Morgan fingerprint density at radius 3 is 2.68 bits per heavy atom. The van der Waals surface area contributed by atoms with E-state index in [0.717, 1.165) is 18.4 Å². The maximum Gasteiger partial charge on any atom is 0.342 e. The van der Waals surface area contributed by atoms with Crippen molar-refractivity contribution in [3.8, 4) is 5.75 Å². The first kappa shape index (κ1) is 22.8. The van der Waals surface area contributed by atoms with Crippen molar-refractivity contribution in [2.45, 2.75) is 37.7 Å². The van der Waals surface area contributed by atoms with Crippen LogP contribution in [0.4, 0.5) is 0 Å². The summed E-state index contributed by atoms with van der Waals surface area (Å²) in [7, 11) is -4.17. The van der Waals surface area contributed by atoms with Crippen LogP contribution in [0, 0.1) is 13.8 Å². The molecule has 166 valence electrons. The molecular weight excluding hydrogens is 422 g/mol. The van der Waals surface area contributed by atoms with Gasteiger partial charge in [-0.3, -0.25) is 4.79 Å². The first-order valence-corrected chi connectivity index (χ1v) is 11.3. The van der Waals surface area contributed by atoms with Gasteiger partial charge in [-0.2, -0.15) is 8.42 Å². The van der Waals surface area contributed by atoms with Gasteiger partial charge < -0.3 is 19.0 Å². The fraction of sp³-hybridized carbons (Fsp3) is 0.364. The number of nitrogens with one attached hydrogen (secondary N) is 1. The molecule has 1 saturated heterocycles. The van der Waals surface area contributed by atoms with Crippen LogP contribution in [0.15, 0.2) is 47.4 Å². The Labute approximate surface area is 181 Å². The van der Waals surface area contributed by atoms with Gasteiger partial charge in [0.1, 0.15) is 10.5 Å². The number of amides is 1. The van der Waals surface area contributed by atoms with Crippen LogP contribution in [-0.4, -0.2) is 46.2 Å². The second-order valence-electron chi connectivity index (χ2n) is 7.32. The lowest BCUT2D eigenvalue weighted by molar-refractivity contribution is -0.124. The average Bonchev–Trinajstić information content (AvgIpc) is 3.26. The molecule has 2 aromatic carbocycles. The molecule has 0 saturated carbocycles. The van der Waals surface area contributed by atoms with Crippen LogP contribution in [0.1, 0.15) is 34.3 Å². The van der Waals surface area contributed by atoms with Gasteiger partial charge in [-0.25, -0.2) is 4.79 Å². The molecule has 8 nitrogen and oxygen atoms in total. The first-order chi connectivity index (χ1) is 14.8. The predicted octanol–water partition coefficient (Wildman–Crippen LogP) is 2.52. The average molecular weight is 448 g/mol. The van der Waals surface area contributed by atoms with Crippen molar-refractivity contribution in [1.29, 1.82) is 0 Å². The van der Waals surface area contributed by atoms with Gasteiger partial charge in [0.15, 0.2) is 12.4 Å². The van der Waals surface area contributed by atoms with Gasteiger partial charge in [0.25, 0.3) is 5.91 Å². The molecule has 1 aliphatic rings. The first-order valence-electron chi connectivity index (χ1n) is 9.92. The van der Waals surface area contributed by atoms with Crippen molar-refractivity contribution < 1.29 is 31.7 Å². The zero-order valence-corrected chi connectivity index (χ0v) is 18.2. The molecule has 0 spiro atoms. The smallest absolute Gasteiger partial charge is 0.342 e. The van der Waals surface area contributed by atoms with Crippen LogP contribution in [0.3, 0.4) is 0 Å². The number of esters is 1. The maximum atomic E-state index is 12.8. The summed E-state index contributed by atoms with van der Waals surface area (Å²) in [5, 5.41) is 2.65. The highest BCUT2D eigenvalue weighted by Gasteiger charge is 2.24. The molecular formula is C22H25NO7S. The Bertz CT molecular complexity index is 1060. The lowest BCUT2D eigenvalue weighted by Gasteiger charge is -2.13. The Morgan fingerprint density at radius 1 is 1.16 bits per heavy atom. The molecule has 1 fully saturated rings. The molecule has 1 unspecified atom stereocenters. The standard InChI is InChI=1S/C22H25NO7S/c1-15-9-10-16(2)20(12-15)31(26,27)30-19-8-4-3-7-18(19)22(25)29-14-21(24)23-13-17-6-5-11-28-17/h3-4,7-10,12,17H,5-6,11,13-14H2,1-2H3,(H,23,24). The summed E-state index contributed by atoms with van der Waals surface area (Å²) in [4.78, 5) is 24.4. The molecule has 1 aliphatic heterocycles. The fourth-order valence-electron chi connectivity index (χ4n) is 3.14. The Kier molecular flexibility index (Phi) is 7.29. The van der Waals surface area contributed by atoms with Gasteiger partial charge in [-0.05, 0) is 56.0 Å². The number of aryl methyl sites for hydroxylation is 2. The van der Waals surface area contributed by atoms with Gasteiger partial charge in [0, 0.05) is 13.2 Å². The topological polar surface area (TPSA) is 108 Å². The predicted molar refractivity (Wildman–Crippen MR) is 112 cm³/mol. The number of hydrogen-bond acceptors (Lipinski definition) is 7. The van der Waals surface area contributed by atoms with Crippen molar-refractivity contribution in [2.24, 2.45) is 0 Å². The van der Waals surface area contributed by atoms with Crippen LogP contribution in [0.2, 0.25) is 0 Å². The lowest BCUT2D eigenvalue weighted by Crippen LogP contribution is -2.34. The van der Waals surface area contributed by atoms with Gasteiger partial charge in [0.05, 0.1) is 6.10 Å². The van der Waals surface area contributed by atoms with Crippen LogP contribution < -0.4 is 9.50 Å². The van der Waals surface area contributed by atoms with Gasteiger partial charge >= 0.3 is 16.1 Å². The van der Waals surface area contributed by atoms with E-state index in [1.165, 1.54) is 18.2 Å². The Hall–Kier alpha value is -2.91. The molecule has 0 aromatic heterocycles. The van der Waals surface area contributed by atoms with Crippen LogP contribution in [-0.2, 0) is 24.4 Å². The van der Waals surface area contributed by atoms with Crippen molar-refractivity contribution in [2.75, 3.05) is 19.8 Å². The van der Waals surface area contributed by atoms with E-state index in [9.17, 15) is 18.0 Å². The summed E-state index contributed by atoms with van der Waals surface area (Å²) in [5.74, 6) is -1.50. The number of hydrogen-bond donors (Lipinski definition) is 1. The summed E-state index contributed by atoms with van der Waals surface area (Å²) in [6, 6.07) is 10.8. The van der Waals surface area contributed by atoms with Crippen molar-refractivity contribution >= 4 is 22.0 Å². The fourth-order valence-corrected chi connectivity index (χ4v) is 4.40. The van der Waals surface area contributed by atoms with E-state index in [1.807, 2.05) is 0 Å². The molecule has 2 aromatic rings. The quantitative estimate of drug-likeness (QED) is 0.489. The van der Waals surface area contributed by atoms with Crippen molar-refractivity contribution in [1.82, 2.24) is 5.32 Å². The van der Waals surface area contributed by atoms with Crippen LogP contribution in [0.5, 0.6) is 5.75 Å². The summed E-state index contributed by atoms with van der Waals surface area (Å²) >= 11 is 0. The van der Waals surface area contributed by atoms with Gasteiger partial charge in [-0.15, -0.1) is 0 Å². The number of para-hydroxylation sites is 1. The number of ether oxygens (including phenoxy) is 2. The summed E-state index contributed by atoms with van der Waals surface area (Å²) in [5.41, 5.74) is 1.19. The van der Waals surface area contributed by atoms with E-state index in [0.29, 0.717) is 18.7 Å². The number of carbonyl (C=O) groups is 2. The minimum Gasteiger partial charge on any atom is -0.452 e. The number of benzene rings is 2. The molecule has 0 bridgehead atoms. The maximum absolute atomic E-state index is 12.8. The summed E-state index contributed by atoms with van der Waals surface area (Å²) < 4.78 is 41.3. The van der Waals surface area contributed by atoms with Crippen LogP contribution >= 0.6 is 0 Å². The Balaban J connectivity index is 1.66. The van der Waals surface area contributed by atoms with E-state index in [-0.39, 0.29) is 22.3 Å². The molecule has 1 atom stereocenters. The van der Waals surface area contributed by atoms with E-state index in [1.54, 1.807) is 38.1 Å².